The van der Waals surface area contributed by atoms with Crippen molar-refractivity contribution in [3.8, 4) is 0 Å². The van der Waals surface area contributed by atoms with Gasteiger partial charge in [-0.2, -0.15) is 0 Å². The van der Waals surface area contributed by atoms with E-state index < -0.39 is 0 Å². The lowest BCUT2D eigenvalue weighted by Gasteiger charge is -2.17. The summed E-state index contributed by atoms with van der Waals surface area (Å²) in [4.78, 5) is 11.7. The molecule has 1 aliphatic rings. The molecule has 1 atom stereocenters. The molecule has 1 rings (SSSR count). The summed E-state index contributed by atoms with van der Waals surface area (Å²) in [6.45, 7) is 3.83. The summed E-state index contributed by atoms with van der Waals surface area (Å²) in [5.74, 6) is 0.898. The lowest BCUT2D eigenvalue weighted by molar-refractivity contribution is -0.123. The van der Waals surface area contributed by atoms with Gasteiger partial charge in [-0.15, -0.1) is 0 Å². The Morgan fingerprint density at radius 1 is 1.23 bits per heavy atom. The SMILES string of the molecule is [CH2]CCCC1CCCCCCC1=O. The van der Waals surface area contributed by atoms with Crippen molar-refractivity contribution in [2.75, 3.05) is 0 Å². The van der Waals surface area contributed by atoms with Crippen LogP contribution in [-0.2, 0) is 4.79 Å². The first-order chi connectivity index (χ1) is 6.34. The van der Waals surface area contributed by atoms with Gasteiger partial charge in [0.1, 0.15) is 5.78 Å². The molecule has 1 heteroatoms. The molecule has 0 aromatic heterocycles. The summed E-state index contributed by atoms with van der Waals surface area (Å²) in [5.41, 5.74) is 0. The van der Waals surface area contributed by atoms with Gasteiger partial charge in [-0.3, -0.25) is 4.79 Å². The minimum atomic E-state index is 0.377. The molecule has 1 saturated carbocycles. The van der Waals surface area contributed by atoms with Crippen molar-refractivity contribution in [1.29, 1.82) is 0 Å². The number of hydrogen-bond acceptors (Lipinski definition) is 1. The van der Waals surface area contributed by atoms with Gasteiger partial charge in [-0.25, -0.2) is 0 Å². The molecule has 0 aromatic rings. The van der Waals surface area contributed by atoms with Gasteiger partial charge in [-0.05, 0) is 19.3 Å². The fourth-order valence-corrected chi connectivity index (χ4v) is 2.10. The van der Waals surface area contributed by atoms with Gasteiger partial charge in [0, 0.05) is 12.3 Å². The topological polar surface area (TPSA) is 17.1 Å². The van der Waals surface area contributed by atoms with Crippen molar-refractivity contribution < 1.29 is 4.79 Å². The molecule has 0 aliphatic heterocycles. The summed E-state index contributed by atoms with van der Waals surface area (Å²) in [6, 6.07) is 0. The molecule has 0 saturated heterocycles. The Bertz CT molecular complexity index is 149. The molecule has 75 valence electrons. The molecule has 13 heavy (non-hydrogen) atoms. The van der Waals surface area contributed by atoms with Crippen molar-refractivity contribution in [2.24, 2.45) is 5.92 Å². The highest BCUT2D eigenvalue weighted by Crippen LogP contribution is 2.23. The molecular weight excluding hydrogens is 160 g/mol. The molecule has 0 amide bonds. The monoisotopic (exact) mass is 181 g/mol. The number of unbranched alkanes of at least 4 members (excludes halogenated alkanes) is 1. The van der Waals surface area contributed by atoms with Crippen LogP contribution in [0.15, 0.2) is 0 Å². The van der Waals surface area contributed by atoms with Crippen LogP contribution in [0.3, 0.4) is 0 Å². The van der Waals surface area contributed by atoms with Crippen LogP contribution in [0.1, 0.15) is 57.8 Å². The first-order valence-corrected chi connectivity index (χ1v) is 5.66. The average molecular weight is 181 g/mol. The van der Waals surface area contributed by atoms with E-state index in [0.717, 1.165) is 38.5 Å². The second-order valence-electron chi connectivity index (χ2n) is 4.11. The maximum absolute atomic E-state index is 11.7. The Morgan fingerprint density at radius 3 is 2.77 bits per heavy atom. The van der Waals surface area contributed by atoms with Crippen LogP contribution in [0.2, 0.25) is 0 Å². The zero-order valence-electron chi connectivity index (χ0n) is 8.56. The smallest absolute Gasteiger partial charge is 0.135 e. The molecule has 0 N–H and O–H groups in total. The summed E-state index contributed by atoms with van der Waals surface area (Å²) >= 11 is 0. The second-order valence-corrected chi connectivity index (χ2v) is 4.11. The molecule has 1 unspecified atom stereocenters. The fourth-order valence-electron chi connectivity index (χ4n) is 2.10. The van der Waals surface area contributed by atoms with Crippen molar-refractivity contribution in [3.63, 3.8) is 0 Å². The normalized spacial score (nSPS) is 25.3. The highest BCUT2D eigenvalue weighted by atomic mass is 16.1. The number of ketones is 1. The Balaban J connectivity index is 2.32. The molecule has 1 nitrogen and oxygen atoms in total. The third-order valence-corrected chi connectivity index (χ3v) is 2.98. The third-order valence-electron chi connectivity index (χ3n) is 2.98. The summed E-state index contributed by atoms with van der Waals surface area (Å²) < 4.78 is 0. The third kappa shape index (κ3) is 3.93. The first kappa shape index (κ1) is 10.7. The highest BCUT2D eigenvalue weighted by Gasteiger charge is 2.18. The molecule has 1 fully saturated rings. The maximum Gasteiger partial charge on any atom is 0.135 e. The number of carbonyl (C=O) groups is 1. The van der Waals surface area contributed by atoms with Crippen LogP contribution >= 0.6 is 0 Å². The lowest BCUT2D eigenvalue weighted by atomic mass is 9.87. The molecular formula is C12H21O. The molecule has 1 aliphatic carbocycles. The van der Waals surface area contributed by atoms with Gasteiger partial charge in [0.25, 0.3) is 0 Å². The minimum absolute atomic E-state index is 0.377. The molecule has 0 spiro atoms. The number of hydrogen-bond donors (Lipinski definition) is 0. The summed E-state index contributed by atoms with van der Waals surface area (Å²) in [5, 5.41) is 0. The van der Waals surface area contributed by atoms with Crippen molar-refractivity contribution in [1.82, 2.24) is 0 Å². The Morgan fingerprint density at radius 2 is 2.00 bits per heavy atom. The van der Waals surface area contributed by atoms with Crippen molar-refractivity contribution >= 4 is 5.78 Å². The number of rotatable bonds is 3. The largest absolute Gasteiger partial charge is 0.299 e. The van der Waals surface area contributed by atoms with E-state index in [9.17, 15) is 4.79 Å². The van der Waals surface area contributed by atoms with Gasteiger partial charge in [0.05, 0.1) is 0 Å². The first-order valence-electron chi connectivity index (χ1n) is 5.66. The van der Waals surface area contributed by atoms with E-state index in [-0.39, 0.29) is 0 Å². The van der Waals surface area contributed by atoms with Crippen LogP contribution < -0.4 is 0 Å². The van der Waals surface area contributed by atoms with E-state index in [1.807, 2.05) is 0 Å². The molecule has 0 bridgehead atoms. The van der Waals surface area contributed by atoms with Gasteiger partial charge in [0.15, 0.2) is 0 Å². The number of Topliss-reactive ketones (excluding diaryl/α,β-unsaturated/α-hetero) is 1. The standard InChI is InChI=1S/C12H21O/c1-2-3-8-11-9-6-4-5-7-10-12(11)13/h11H,1-10H2. The maximum atomic E-state index is 11.7. The summed E-state index contributed by atoms with van der Waals surface area (Å²) in [7, 11) is 0. The van der Waals surface area contributed by atoms with Crippen LogP contribution in [0.4, 0.5) is 0 Å². The van der Waals surface area contributed by atoms with Gasteiger partial charge in [-0.1, -0.05) is 39.0 Å². The predicted molar refractivity (Wildman–Crippen MR) is 55.4 cm³/mol. The van der Waals surface area contributed by atoms with E-state index >= 15 is 0 Å². The Hall–Kier alpha value is -0.330. The van der Waals surface area contributed by atoms with E-state index in [2.05, 4.69) is 6.92 Å². The molecule has 1 radical (unpaired) electrons. The van der Waals surface area contributed by atoms with Crippen LogP contribution in [0.25, 0.3) is 0 Å². The zero-order chi connectivity index (χ0) is 9.52. The van der Waals surface area contributed by atoms with Crippen molar-refractivity contribution in [2.45, 2.75) is 57.8 Å². The number of carbonyl (C=O) groups excluding carboxylic acids is 1. The fraction of sp³-hybridized carbons (Fsp3) is 0.833. The molecule has 0 heterocycles. The average Bonchev–Trinajstić information content (AvgIpc) is 2.11. The van der Waals surface area contributed by atoms with Gasteiger partial charge >= 0.3 is 0 Å². The van der Waals surface area contributed by atoms with E-state index in [1.54, 1.807) is 0 Å². The quantitative estimate of drug-likeness (QED) is 0.651. The second kappa shape index (κ2) is 6.17. The van der Waals surface area contributed by atoms with Crippen LogP contribution in [-0.4, -0.2) is 5.78 Å². The van der Waals surface area contributed by atoms with E-state index in [1.165, 1.54) is 19.3 Å². The minimum Gasteiger partial charge on any atom is -0.299 e. The summed E-state index contributed by atoms with van der Waals surface area (Å²) in [6.07, 6.45) is 10.1. The lowest BCUT2D eigenvalue weighted by Crippen LogP contribution is -2.16. The Kier molecular flexibility index (Phi) is 5.10. The Labute approximate surface area is 81.9 Å². The highest BCUT2D eigenvalue weighted by molar-refractivity contribution is 5.80. The van der Waals surface area contributed by atoms with Crippen LogP contribution in [0.5, 0.6) is 0 Å². The van der Waals surface area contributed by atoms with Crippen molar-refractivity contribution in [3.05, 3.63) is 6.92 Å². The zero-order valence-corrected chi connectivity index (χ0v) is 8.56. The predicted octanol–water partition coefficient (Wildman–Crippen LogP) is 3.53. The van der Waals surface area contributed by atoms with E-state index in [0.29, 0.717) is 11.7 Å². The van der Waals surface area contributed by atoms with E-state index in [4.69, 9.17) is 0 Å². The van der Waals surface area contributed by atoms with Gasteiger partial charge in [0.2, 0.25) is 0 Å². The van der Waals surface area contributed by atoms with Gasteiger partial charge < -0.3 is 0 Å². The van der Waals surface area contributed by atoms with Crippen LogP contribution in [0, 0.1) is 12.8 Å². The molecule has 0 aromatic carbocycles.